The van der Waals surface area contributed by atoms with E-state index in [0.29, 0.717) is 13.1 Å². The third-order valence-electron chi connectivity index (χ3n) is 4.90. The Morgan fingerprint density at radius 2 is 2.04 bits per heavy atom. The number of hydrogen-bond acceptors (Lipinski definition) is 5. The molecule has 0 radical (unpaired) electrons. The van der Waals surface area contributed by atoms with Crippen molar-refractivity contribution >= 4 is 10.0 Å². The van der Waals surface area contributed by atoms with Crippen molar-refractivity contribution in [3.05, 3.63) is 30.1 Å². The molecule has 1 atom stereocenters. The molecule has 3 heterocycles. The average Bonchev–Trinajstić information content (AvgIpc) is 2.46. The zero-order valence-electron chi connectivity index (χ0n) is 14.1. The Kier molecular flexibility index (Phi) is 4.48. The Labute approximate surface area is 139 Å². The highest BCUT2D eigenvalue weighted by atomic mass is 32.2. The minimum Gasteiger partial charge on any atom is -0.295 e. The predicted octanol–water partition coefficient (Wildman–Crippen LogP) is 0.622. The first kappa shape index (κ1) is 16.8. The second kappa shape index (κ2) is 6.12. The number of fused-ring (bicyclic) bond motifs is 1. The lowest BCUT2D eigenvalue weighted by molar-refractivity contribution is -0.0450. The molecule has 23 heavy (non-hydrogen) atoms. The average molecular weight is 338 g/mol. The van der Waals surface area contributed by atoms with Gasteiger partial charge in [0.2, 0.25) is 10.0 Å². The van der Waals surface area contributed by atoms with Crippen molar-refractivity contribution in [2.75, 3.05) is 39.0 Å². The van der Waals surface area contributed by atoms with E-state index in [1.54, 1.807) is 4.31 Å². The number of aromatic nitrogens is 1. The van der Waals surface area contributed by atoms with E-state index in [0.717, 1.165) is 31.9 Å². The fourth-order valence-corrected chi connectivity index (χ4v) is 4.81. The highest BCUT2D eigenvalue weighted by molar-refractivity contribution is 7.88. The van der Waals surface area contributed by atoms with Gasteiger partial charge in [0.25, 0.3) is 0 Å². The van der Waals surface area contributed by atoms with E-state index in [-0.39, 0.29) is 11.6 Å². The lowest BCUT2D eigenvalue weighted by Gasteiger charge is -2.55. The molecule has 2 saturated heterocycles. The van der Waals surface area contributed by atoms with Gasteiger partial charge in [-0.3, -0.25) is 14.8 Å². The molecule has 128 valence electrons. The first-order valence-corrected chi connectivity index (χ1v) is 9.95. The summed E-state index contributed by atoms with van der Waals surface area (Å²) in [6, 6.07) is 6.22. The third-order valence-corrected chi connectivity index (χ3v) is 6.12. The van der Waals surface area contributed by atoms with Crippen LogP contribution in [-0.4, -0.2) is 78.1 Å². The Bertz CT molecular complexity index is 647. The van der Waals surface area contributed by atoms with Crippen LogP contribution in [0, 0.1) is 0 Å². The smallest absolute Gasteiger partial charge is 0.211 e. The summed E-state index contributed by atoms with van der Waals surface area (Å²) in [7, 11) is -3.15. The number of piperazine rings is 2. The predicted molar refractivity (Wildman–Crippen MR) is 90.5 cm³/mol. The van der Waals surface area contributed by atoms with Gasteiger partial charge in [-0.1, -0.05) is 6.07 Å². The van der Waals surface area contributed by atoms with Gasteiger partial charge in [0.05, 0.1) is 11.9 Å². The number of nitrogens with zero attached hydrogens (tertiary/aromatic N) is 4. The van der Waals surface area contributed by atoms with Crippen molar-refractivity contribution < 1.29 is 8.42 Å². The van der Waals surface area contributed by atoms with Gasteiger partial charge < -0.3 is 0 Å². The standard InChI is InChI=1S/C16H26N4O2S/c1-16(2)13-19(23(3,21)22)12-15-11-18(8-9-20(15)16)10-14-6-4-5-7-17-14/h4-7,15H,8-13H2,1-3H3/t15-/m0/s1. The van der Waals surface area contributed by atoms with Crippen LogP contribution in [0.5, 0.6) is 0 Å². The zero-order valence-corrected chi connectivity index (χ0v) is 15.0. The monoisotopic (exact) mass is 338 g/mol. The highest BCUT2D eigenvalue weighted by Gasteiger charge is 2.44. The van der Waals surface area contributed by atoms with Crippen molar-refractivity contribution in [1.82, 2.24) is 19.1 Å². The maximum Gasteiger partial charge on any atom is 0.211 e. The van der Waals surface area contributed by atoms with Gasteiger partial charge >= 0.3 is 0 Å². The molecule has 0 saturated carbocycles. The van der Waals surface area contributed by atoms with Crippen LogP contribution in [0.15, 0.2) is 24.4 Å². The fraction of sp³-hybridized carbons (Fsp3) is 0.688. The van der Waals surface area contributed by atoms with Gasteiger partial charge in [-0.15, -0.1) is 0 Å². The highest BCUT2D eigenvalue weighted by Crippen LogP contribution is 2.29. The maximum atomic E-state index is 12.0. The number of rotatable bonds is 3. The van der Waals surface area contributed by atoms with Crippen LogP contribution >= 0.6 is 0 Å². The Balaban J connectivity index is 1.73. The summed E-state index contributed by atoms with van der Waals surface area (Å²) in [6.45, 7) is 9.12. The molecular weight excluding hydrogens is 312 g/mol. The topological polar surface area (TPSA) is 56.8 Å². The number of pyridine rings is 1. The fourth-order valence-electron chi connectivity index (χ4n) is 3.81. The molecule has 2 fully saturated rings. The maximum absolute atomic E-state index is 12.0. The summed E-state index contributed by atoms with van der Waals surface area (Å²) >= 11 is 0. The molecule has 0 amide bonds. The summed E-state index contributed by atoms with van der Waals surface area (Å²) in [5.41, 5.74) is 0.944. The summed E-state index contributed by atoms with van der Waals surface area (Å²) in [4.78, 5) is 9.25. The van der Waals surface area contributed by atoms with Crippen LogP contribution in [0.25, 0.3) is 0 Å². The van der Waals surface area contributed by atoms with Gasteiger partial charge in [0, 0.05) is 57.0 Å². The summed E-state index contributed by atoms with van der Waals surface area (Å²) in [5.74, 6) is 0. The summed E-state index contributed by atoms with van der Waals surface area (Å²) in [6.07, 6.45) is 3.13. The quantitative estimate of drug-likeness (QED) is 0.809. The molecule has 3 rings (SSSR count). The first-order valence-electron chi connectivity index (χ1n) is 8.10. The third kappa shape index (κ3) is 3.74. The Morgan fingerprint density at radius 3 is 2.70 bits per heavy atom. The Hall–Kier alpha value is -1.02. The van der Waals surface area contributed by atoms with Crippen molar-refractivity contribution in [3.8, 4) is 0 Å². The van der Waals surface area contributed by atoms with E-state index < -0.39 is 10.0 Å². The van der Waals surface area contributed by atoms with E-state index in [1.807, 2.05) is 24.4 Å². The number of hydrogen-bond donors (Lipinski definition) is 0. The van der Waals surface area contributed by atoms with Crippen LogP contribution in [0.3, 0.4) is 0 Å². The summed E-state index contributed by atoms with van der Waals surface area (Å²) in [5, 5.41) is 0. The minimum atomic E-state index is -3.15. The minimum absolute atomic E-state index is 0.122. The van der Waals surface area contributed by atoms with E-state index in [2.05, 4.69) is 28.6 Å². The molecule has 0 aliphatic carbocycles. The molecule has 1 aromatic heterocycles. The van der Waals surface area contributed by atoms with Crippen LogP contribution in [0.4, 0.5) is 0 Å². The molecule has 7 heteroatoms. The largest absolute Gasteiger partial charge is 0.295 e. The second-order valence-electron chi connectivity index (χ2n) is 7.27. The van der Waals surface area contributed by atoms with E-state index in [9.17, 15) is 8.42 Å². The Morgan fingerprint density at radius 1 is 1.26 bits per heavy atom. The number of sulfonamides is 1. The first-order chi connectivity index (χ1) is 10.8. The van der Waals surface area contributed by atoms with Crippen LogP contribution < -0.4 is 0 Å². The van der Waals surface area contributed by atoms with Crippen molar-refractivity contribution in [3.63, 3.8) is 0 Å². The lowest BCUT2D eigenvalue weighted by Crippen LogP contribution is -2.70. The molecule has 2 aliphatic heterocycles. The molecule has 6 nitrogen and oxygen atoms in total. The normalized spacial score (nSPS) is 26.8. The van der Waals surface area contributed by atoms with Gasteiger partial charge in [-0.2, -0.15) is 4.31 Å². The lowest BCUT2D eigenvalue weighted by atomic mass is 9.94. The van der Waals surface area contributed by atoms with Crippen LogP contribution in [0.1, 0.15) is 19.5 Å². The van der Waals surface area contributed by atoms with E-state index in [4.69, 9.17) is 0 Å². The molecular formula is C16H26N4O2S. The van der Waals surface area contributed by atoms with E-state index >= 15 is 0 Å². The van der Waals surface area contributed by atoms with Crippen LogP contribution in [-0.2, 0) is 16.6 Å². The van der Waals surface area contributed by atoms with Gasteiger partial charge in [0.1, 0.15) is 0 Å². The zero-order chi connectivity index (χ0) is 16.7. The van der Waals surface area contributed by atoms with Crippen molar-refractivity contribution in [1.29, 1.82) is 0 Å². The molecule has 1 aromatic rings. The van der Waals surface area contributed by atoms with Gasteiger partial charge in [-0.25, -0.2) is 8.42 Å². The molecule has 0 bridgehead atoms. The molecule has 0 unspecified atom stereocenters. The molecule has 0 aromatic carbocycles. The molecule has 0 spiro atoms. The van der Waals surface area contributed by atoms with Gasteiger partial charge in [-0.05, 0) is 26.0 Å². The second-order valence-corrected chi connectivity index (χ2v) is 9.25. The van der Waals surface area contributed by atoms with Crippen molar-refractivity contribution in [2.24, 2.45) is 0 Å². The van der Waals surface area contributed by atoms with Crippen LogP contribution in [0.2, 0.25) is 0 Å². The van der Waals surface area contributed by atoms with E-state index in [1.165, 1.54) is 6.26 Å². The molecule has 2 aliphatic rings. The van der Waals surface area contributed by atoms with Crippen molar-refractivity contribution in [2.45, 2.75) is 32.0 Å². The summed E-state index contributed by atoms with van der Waals surface area (Å²) < 4.78 is 25.6. The molecule has 0 N–H and O–H groups in total. The SMILES string of the molecule is CC1(C)CN(S(C)(=O)=O)C[C@@H]2CN(Cc3ccccn3)CCN21. The van der Waals surface area contributed by atoms with Gasteiger partial charge in [0.15, 0.2) is 0 Å².